The fraction of sp³-hybridized carbons (Fsp3) is 0.250. The van der Waals surface area contributed by atoms with Crippen molar-refractivity contribution in [3.05, 3.63) is 35.4 Å². The second-order valence-electron chi connectivity index (χ2n) is 3.79. The quantitative estimate of drug-likeness (QED) is 0.868. The lowest BCUT2D eigenvalue weighted by Crippen LogP contribution is -2.04. The van der Waals surface area contributed by atoms with Crippen LogP contribution in [0.1, 0.15) is 13.3 Å². The molecule has 1 aromatic carbocycles. The predicted octanol–water partition coefficient (Wildman–Crippen LogP) is 3.04. The summed E-state index contributed by atoms with van der Waals surface area (Å²) in [5, 5.41) is 4.51. The van der Waals surface area contributed by atoms with Crippen LogP contribution in [0.4, 0.5) is 10.1 Å². The van der Waals surface area contributed by atoms with Crippen LogP contribution in [-0.4, -0.2) is 16.4 Å². The van der Waals surface area contributed by atoms with Crippen LogP contribution in [0.5, 0.6) is 5.75 Å². The molecule has 0 fully saturated rings. The summed E-state index contributed by atoms with van der Waals surface area (Å²) in [6.07, 6.45) is 3.87. The number of nitrogen functional groups attached to an aromatic ring is 1. The molecule has 0 amide bonds. The number of rotatable bonds is 4. The molecule has 2 rings (SSSR count). The molecule has 2 aromatic rings. The number of ether oxygens (including phenoxy) is 1. The molecule has 0 saturated heterocycles. The zero-order chi connectivity index (χ0) is 13.1. The maximum atomic E-state index is 13.6. The Balaban J connectivity index is 2.41. The van der Waals surface area contributed by atoms with Gasteiger partial charge in [-0.1, -0.05) is 18.5 Å². The molecule has 0 spiro atoms. The van der Waals surface area contributed by atoms with Gasteiger partial charge in [-0.15, -0.1) is 0 Å². The van der Waals surface area contributed by atoms with Gasteiger partial charge in [0.25, 0.3) is 0 Å². The molecule has 0 aliphatic carbocycles. The van der Waals surface area contributed by atoms with E-state index >= 15 is 0 Å². The van der Waals surface area contributed by atoms with E-state index < -0.39 is 5.82 Å². The highest BCUT2D eigenvalue weighted by atomic mass is 35.5. The first-order valence-corrected chi connectivity index (χ1v) is 5.92. The van der Waals surface area contributed by atoms with Gasteiger partial charge in [0.2, 0.25) is 0 Å². The molecule has 0 aliphatic rings. The molecule has 2 N–H and O–H groups in total. The fourth-order valence-corrected chi connectivity index (χ4v) is 1.65. The number of hydrogen-bond acceptors (Lipinski definition) is 3. The first-order chi connectivity index (χ1) is 8.61. The van der Waals surface area contributed by atoms with Gasteiger partial charge < -0.3 is 10.5 Å². The predicted molar refractivity (Wildman–Crippen MR) is 68.7 cm³/mol. The van der Waals surface area contributed by atoms with Crippen LogP contribution in [0.3, 0.4) is 0 Å². The lowest BCUT2D eigenvalue weighted by Gasteiger charge is -2.11. The summed E-state index contributed by atoms with van der Waals surface area (Å²) in [7, 11) is 0. The summed E-state index contributed by atoms with van der Waals surface area (Å²) in [4.78, 5) is 0. The molecule has 0 aliphatic heterocycles. The number of benzene rings is 1. The van der Waals surface area contributed by atoms with Crippen LogP contribution >= 0.6 is 11.6 Å². The van der Waals surface area contributed by atoms with Crippen molar-refractivity contribution in [2.75, 3.05) is 12.3 Å². The Morgan fingerprint density at radius 1 is 1.50 bits per heavy atom. The molecule has 4 nitrogen and oxygen atoms in total. The number of nitrogens with two attached hydrogens (primary N) is 1. The minimum absolute atomic E-state index is 0.160. The van der Waals surface area contributed by atoms with Gasteiger partial charge in [0.15, 0.2) is 11.6 Å². The Hall–Kier alpha value is -1.75. The van der Waals surface area contributed by atoms with Crippen LogP contribution < -0.4 is 10.5 Å². The van der Waals surface area contributed by atoms with E-state index in [4.69, 9.17) is 22.1 Å². The van der Waals surface area contributed by atoms with Crippen molar-refractivity contribution in [2.45, 2.75) is 13.3 Å². The number of hydrogen-bond donors (Lipinski definition) is 1. The Kier molecular flexibility index (Phi) is 3.72. The van der Waals surface area contributed by atoms with E-state index in [1.54, 1.807) is 6.20 Å². The normalized spacial score (nSPS) is 10.6. The van der Waals surface area contributed by atoms with E-state index in [1.807, 2.05) is 6.92 Å². The van der Waals surface area contributed by atoms with Crippen molar-refractivity contribution in [3.8, 4) is 11.4 Å². The molecule has 0 unspecified atom stereocenters. The standard InChI is InChI=1S/C12H13ClFN3O/c1-2-3-18-12-5-11(10(15)4-9(12)14)17-7-8(13)6-16-17/h4-7H,2-3,15H2,1H3. The summed E-state index contributed by atoms with van der Waals surface area (Å²) in [6.45, 7) is 2.39. The third kappa shape index (κ3) is 2.56. The highest BCUT2D eigenvalue weighted by molar-refractivity contribution is 6.30. The first kappa shape index (κ1) is 12.7. The van der Waals surface area contributed by atoms with Crippen LogP contribution in [0.2, 0.25) is 5.02 Å². The molecule has 1 heterocycles. The van der Waals surface area contributed by atoms with Crippen molar-refractivity contribution >= 4 is 17.3 Å². The van der Waals surface area contributed by atoms with Gasteiger partial charge in [0.1, 0.15) is 0 Å². The van der Waals surface area contributed by atoms with E-state index in [9.17, 15) is 4.39 Å². The molecule has 0 radical (unpaired) electrons. The Labute approximate surface area is 109 Å². The van der Waals surface area contributed by atoms with Gasteiger partial charge in [-0.05, 0) is 6.42 Å². The average Bonchev–Trinajstić information content (AvgIpc) is 2.74. The minimum Gasteiger partial charge on any atom is -0.490 e. The third-order valence-corrected chi connectivity index (χ3v) is 2.54. The number of nitrogens with zero attached hydrogens (tertiary/aromatic N) is 2. The molecule has 1 aromatic heterocycles. The Morgan fingerprint density at radius 3 is 2.89 bits per heavy atom. The molecule has 0 bridgehead atoms. The molecule has 18 heavy (non-hydrogen) atoms. The lowest BCUT2D eigenvalue weighted by molar-refractivity contribution is 0.301. The SMILES string of the molecule is CCCOc1cc(-n2cc(Cl)cn2)c(N)cc1F. The van der Waals surface area contributed by atoms with E-state index in [1.165, 1.54) is 23.0 Å². The van der Waals surface area contributed by atoms with Crippen LogP contribution in [-0.2, 0) is 0 Å². The topological polar surface area (TPSA) is 53.1 Å². The Morgan fingerprint density at radius 2 is 2.28 bits per heavy atom. The number of halogens is 2. The maximum absolute atomic E-state index is 13.6. The average molecular weight is 270 g/mol. The van der Waals surface area contributed by atoms with Crippen molar-refractivity contribution in [2.24, 2.45) is 0 Å². The monoisotopic (exact) mass is 269 g/mol. The Bertz CT molecular complexity index is 556. The van der Waals surface area contributed by atoms with Crippen molar-refractivity contribution in [1.29, 1.82) is 0 Å². The van der Waals surface area contributed by atoms with Crippen molar-refractivity contribution < 1.29 is 9.13 Å². The largest absolute Gasteiger partial charge is 0.490 e. The van der Waals surface area contributed by atoms with E-state index in [0.717, 1.165) is 6.42 Å². The number of aromatic nitrogens is 2. The second-order valence-corrected chi connectivity index (χ2v) is 4.23. The summed E-state index contributed by atoms with van der Waals surface area (Å²) >= 11 is 5.79. The fourth-order valence-electron chi connectivity index (χ4n) is 1.51. The molecular formula is C12H13ClFN3O. The third-order valence-electron chi connectivity index (χ3n) is 2.34. The van der Waals surface area contributed by atoms with Gasteiger partial charge >= 0.3 is 0 Å². The van der Waals surface area contributed by atoms with Gasteiger partial charge in [0, 0.05) is 18.3 Å². The van der Waals surface area contributed by atoms with Gasteiger partial charge in [-0.2, -0.15) is 5.10 Å². The van der Waals surface area contributed by atoms with Gasteiger partial charge in [0.05, 0.1) is 29.2 Å². The summed E-state index contributed by atoms with van der Waals surface area (Å²) in [5.74, 6) is -0.323. The second kappa shape index (κ2) is 5.27. The molecule has 6 heteroatoms. The number of anilines is 1. The summed E-state index contributed by atoms with van der Waals surface area (Å²) in [6, 6.07) is 2.74. The van der Waals surface area contributed by atoms with Gasteiger partial charge in [-0.25, -0.2) is 9.07 Å². The van der Waals surface area contributed by atoms with E-state index in [-0.39, 0.29) is 11.4 Å². The molecule has 0 atom stereocenters. The minimum atomic E-state index is -0.483. The lowest BCUT2D eigenvalue weighted by atomic mass is 10.2. The highest BCUT2D eigenvalue weighted by Gasteiger charge is 2.11. The van der Waals surface area contributed by atoms with Crippen molar-refractivity contribution in [3.63, 3.8) is 0 Å². The van der Waals surface area contributed by atoms with Crippen LogP contribution in [0.25, 0.3) is 5.69 Å². The smallest absolute Gasteiger partial charge is 0.167 e. The highest BCUT2D eigenvalue weighted by Crippen LogP contribution is 2.27. The van der Waals surface area contributed by atoms with E-state index in [0.29, 0.717) is 17.3 Å². The van der Waals surface area contributed by atoms with Gasteiger partial charge in [-0.3, -0.25) is 0 Å². The maximum Gasteiger partial charge on any atom is 0.167 e. The van der Waals surface area contributed by atoms with Crippen molar-refractivity contribution in [1.82, 2.24) is 9.78 Å². The zero-order valence-corrected chi connectivity index (χ0v) is 10.6. The van der Waals surface area contributed by atoms with Crippen LogP contribution in [0, 0.1) is 5.82 Å². The zero-order valence-electron chi connectivity index (χ0n) is 9.86. The van der Waals surface area contributed by atoms with E-state index in [2.05, 4.69) is 5.10 Å². The first-order valence-electron chi connectivity index (χ1n) is 5.54. The molecular weight excluding hydrogens is 257 g/mol. The van der Waals surface area contributed by atoms with Crippen LogP contribution in [0.15, 0.2) is 24.5 Å². The molecule has 0 saturated carbocycles. The molecule has 96 valence electrons. The summed E-state index contributed by atoms with van der Waals surface area (Å²) < 4.78 is 20.4. The summed E-state index contributed by atoms with van der Waals surface area (Å²) in [5.41, 5.74) is 6.57.